The van der Waals surface area contributed by atoms with Crippen LogP contribution in [-0.2, 0) is 6.42 Å². The molecule has 0 aliphatic heterocycles. The lowest BCUT2D eigenvalue weighted by Crippen LogP contribution is -2.24. The molecule has 0 atom stereocenters. The fourth-order valence-electron chi connectivity index (χ4n) is 1.39. The highest BCUT2D eigenvalue weighted by atomic mass is 32.1. The third kappa shape index (κ3) is 3.14. The second kappa shape index (κ2) is 5.74. The number of nitro groups is 1. The minimum atomic E-state index is -0.493. The van der Waals surface area contributed by atoms with Crippen molar-refractivity contribution in [3.05, 3.63) is 49.5 Å². The lowest BCUT2D eigenvalue weighted by molar-refractivity contribution is -0.380. The summed E-state index contributed by atoms with van der Waals surface area (Å²) >= 11 is 2.53. The van der Waals surface area contributed by atoms with Gasteiger partial charge in [-0.05, 0) is 23.9 Å². The number of hydrogen-bond acceptors (Lipinski definition) is 5. The Balaban J connectivity index is 1.85. The van der Waals surface area contributed by atoms with Crippen LogP contribution >= 0.6 is 22.7 Å². The van der Waals surface area contributed by atoms with Crippen molar-refractivity contribution in [2.45, 2.75) is 6.42 Å². The molecule has 0 unspecified atom stereocenters. The molecule has 2 aromatic rings. The quantitative estimate of drug-likeness (QED) is 0.677. The summed E-state index contributed by atoms with van der Waals surface area (Å²) in [6, 6.07) is 6.79. The van der Waals surface area contributed by atoms with E-state index in [4.69, 9.17) is 0 Å². The van der Waals surface area contributed by atoms with Crippen LogP contribution in [0.4, 0.5) is 5.00 Å². The van der Waals surface area contributed by atoms with E-state index in [1.807, 2.05) is 17.5 Å². The first-order valence-corrected chi connectivity index (χ1v) is 6.91. The third-order valence-corrected chi connectivity index (χ3v) is 4.20. The maximum absolute atomic E-state index is 11.7. The van der Waals surface area contributed by atoms with Crippen molar-refractivity contribution < 1.29 is 9.72 Å². The predicted octanol–water partition coefficient (Wildman–Crippen LogP) is 2.69. The van der Waals surface area contributed by atoms with E-state index in [9.17, 15) is 14.9 Å². The van der Waals surface area contributed by atoms with Crippen molar-refractivity contribution in [3.63, 3.8) is 0 Å². The minimum Gasteiger partial charge on any atom is -0.351 e. The van der Waals surface area contributed by atoms with Crippen LogP contribution in [0, 0.1) is 10.1 Å². The fraction of sp³-hybridized carbons (Fsp3) is 0.182. The Labute approximate surface area is 111 Å². The van der Waals surface area contributed by atoms with Crippen molar-refractivity contribution in [2.75, 3.05) is 6.54 Å². The van der Waals surface area contributed by atoms with Gasteiger partial charge >= 0.3 is 5.00 Å². The van der Waals surface area contributed by atoms with Crippen molar-refractivity contribution >= 4 is 33.6 Å². The zero-order valence-electron chi connectivity index (χ0n) is 9.29. The molecule has 94 valence electrons. The second-order valence-corrected chi connectivity index (χ2v) is 5.57. The Morgan fingerprint density at radius 3 is 2.83 bits per heavy atom. The summed E-state index contributed by atoms with van der Waals surface area (Å²) in [6.07, 6.45) is 0.775. The number of thiophene rings is 2. The number of hydrogen-bond donors (Lipinski definition) is 1. The predicted molar refractivity (Wildman–Crippen MR) is 71.3 cm³/mol. The van der Waals surface area contributed by atoms with Gasteiger partial charge in [0.05, 0.1) is 9.80 Å². The lowest BCUT2D eigenvalue weighted by Gasteiger charge is -2.01. The molecule has 0 fully saturated rings. The molecule has 2 aromatic heterocycles. The van der Waals surface area contributed by atoms with Gasteiger partial charge in [-0.3, -0.25) is 14.9 Å². The molecule has 0 aliphatic rings. The summed E-state index contributed by atoms with van der Waals surface area (Å²) in [5.74, 6) is -0.260. The highest BCUT2D eigenvalue weighted by Crippen LogP contribution is 2.23. The van der Waals surface area contributed by atoms with E-state index in [0.717, 1.165) is 17.8 Å². The summed E-state index contributed by atoms with van der Waals surface area (Å²) < 4.78 is 0. The summed E-state index contributed by atoms with van der Waals surface area (Å²) in [4.78, 5) is 23.3. The highest BCUT2D eigenvalue weighted by Gasteiger charge is 2.14. The minimum absolute atomic E-state index is 0.0154. The molecule has 1 N–H and O–H groups in total. The summed E-state index contributed by atoms with van der Waals surface area (Å²) in [7, 11) is 0. The third-order valence-electron chi connectivity index (χ3n) is 2.23. The zero-order valence-corrected chi connectivity index (χ0v) is 10.9. The Morgan fingerprint density at radius 1 is 1.39 bits per heavy atom. The number of rotatable bonds is 5. The van der Waals surface area contributed by atoms with E-state index in [1.165, 1.54) is 17.0 Å². The SMILES string of the molecule is O=C(NCCc1cccs1)c1ccc([N+](=O)[O-])s1. The molecule has 2 heterocycles. The molecule has 0 aliphatic carbocycles. The largest absolute Gasteiger partial charge is 0.351 e. The van der Waals surface area contributed by atoms with Gasteiger partial charge in [0.2, 0.25) is 0 Å². The van der Waals surface area contributed by atoms with Crippen LogP contribution in [-0.4, -0.2) is 17.4 Å². The van der Waals surface area contributed by atoms with E-state index in [2.05, 4.69) is 5.32 Å². The molecule has 0 aromatic carbocycles. The van der Waals surface area contributed by atoms with Crippen LogP contribution in [0.5, 0.6) is 0 Å². The number of carbonyl (C=O) groups is 1. The maximum Gasteiger partial charge on any atom is 0.324 e. The van der Waals surface area contributed by atoms with Crippen LogP contribution in [0.2, 0.25) is 0 Å². The van der Waals surface area contributed by atoms with E-state index >= 15 is 0 Å². The molecule has 7 heteroatoms. The standard InChI is InChI=1S/C11H10N2O3S2/c14-11(9-3-4-10(18-9)13(15)16)12-6-5-8-2-1-7-17-8/h1-4,7H,5-6H2,(H,12,14). The molecule has 0 saturated heterocycles. The molecule has 5 nitrogen and oxygen atoms in total. The van der Waals surface area contributed by atoms with Gasteiger partial charge in [0, 0.05) is 17.5 Å². The van der Waals surface area contributed by atoms with Gasteiger partial charge in [-0.1, -0.05) is 17.4 Å². The highest BCUT2D eigenvalue weighted by molar-refractivity contribution is 7.17. The van der Waals surface area contributed by atoms with E-state index in [-0.39, 0.29) is 10.9 Å². The van der Waals surface area contributed by atoms with Gasteiger partial charge in [0.25, 0.3) is 5.91 Å². The van der Waals surface area contributed by atoms with Crippen LogP contribution in [0.1, 0.15) is 14.5 Å². The molecular formula is C11H10N2O3S2. The monoisotopic (exact) mass is 282 g/mol. The first kappa shape index (κ1) is 12.7. The van der Waals surface area contributed by atoms with E-state index in [0.29, 0.717) is 11.4 Å². The van der Waals surface area contributed by atoms with Gasteiger partial charge in [0.1, 0.15) is 0 Å². The van der Waals surface area contributed by atoms with Crippen LogP contribution in [0.3, 0.4) is 0 Å². The Bertz CT molecular complexity index is 548. The number of amides is 1. The van der Waals surface area contributed by atoms with Crippen molar-refractivity contribution in [2.24, 2.45) is 0 Å². The topological polar surface area (TPSA) is 72.2 Å². The summed E-state index contributed by atoms with van der Waals surface area (Å²) in [5.41, 5.74) is 0. The van der Waals surface area contributed by atoms with Crippen LogP contribution < -0.4 is 5.32 Å². The van der Waals surface area contributed by atoms with Gasteiger partial charge in [-0.25, -0.2) is 0 Å². The Morgan fingerprint density at radius 2 is 2.22 bits per heavy atom. The average molecular weight is 282 g/mol. The van der Waals surface area contributed by atoms with Crippen LogP contribution in [0.15, 0.2) is 29.6 Å². The zero-order chi connectivity index (χ0) is 13.0. The van der Waals surface area contributed by atoms with E-state index in [1.54, 1.807) is 11.3 Å². The number of nitrogens with one attached hydrogen (secondary N) is 1. The smallest absolute Gasteiger partial charge is 0.324 e. The molecule has 0 saturated carbocycles. The molecule has 2 rings (SSSR count). The molecular weight excluding hydrogens is 272 g/mol. The molecule has 1 amide bonds. The van der Waals surface area contributed by atoms with Gasteiger partial charge < -0.3 is 5.32 Å². The number of nitrogens with zero attached hydrogens (tertiary/aromatic N) is 1. The fourth-order valence-corrected chi connectivity index (χ4v) is 2.83. The maximum atomic E-state index is 11.7. The van der Waals surface area contributed by atoms with Gasteiger partial charge in [-0.15, -0.1) is 11.3 Å². The summed E-state index contributed by atoms with van der Waals surface area (Å²) in [6.45, 7) is 0.533. The van der Waals surface area contributed by atoms with Crippen molar-refractivity contribution in [3.8, 4) is 0 Å². The van der Waals surface area contributed by atoms with Crippen molar-refractivity contribution in [1.82, 2.24) is 5.32 Å². The number of carbonyl (C=O) groups excluding carboxylic acids is 1. The Hall–Kier alpha value is -1.73. The van der Waals surface area contributed by atoms with Crippen molar-refractivity contribution in [1.29, 1.82) is 0 Å². The molecule has 0 bridgehead atoms. The van der Waals surface area contributed by atoms with Gasteiger partial charge in [0.15, 0.2) is 0 Å². The van der Waals surface area contributed by atoms with E-state index < -0.39 is 4.92 Å². The molecule has 0 spiro atoms. The normalized spacial score (nSPS) is 10.2. The first-order valence-electron chi connectivity index (χ1n) is 5.21. The van der Waals surface area contributed by atoms with Gasteiger partial charge in [-0.2, -0.15) is 0 Å². The molecule has 18 heavy (non-hydrogen) atoms. The first-order chi connectivity index (χ1) is 8.66. The Kier molecular flexibility index (Phi) is 4.06. The summed E-state index contributed by atoms with van der Waals surface area (Å²) in [5, 5.41) is 15.2. The molecule has 0 radical (unpaired) electrons. The lowest BCUT2D eigenvalue weighted by atomic mass is 10.3. The van der Waals surface area contributed by atoms with Crippen LogP contribution in [0.25, 0.3) is 0 Å². The second-order valence-electron chi connectivity index (χ2n) is 3.48. The average Bonchev–Trinajstić information content (AvgIpc) is 2.99.